The second-order valence-electron chi connectivity index (χ2n) is 7.39. The second kappa shape index (κ2) is 13.4. The highest BCUT2D eigenvalue weighted by Crippen LogP contribution is 2.12. The lowest BCUT2D eigenvalue weighted by atomic mass is 10.0. The van der Waals surface area contributed by atoms with Crippen LogP contribution in [0.4, 0.5) is 0 Å². The molecule has 0 aliphatic rings. The molecule has 1 aromatic rings. The molecule has 0 aromatic heterocycles. The number of hydrogen-bond donors (Lipinski definition) is 8. The van der Waals surface area contributed by atoms with Gasteiger partial charge in [0.05, 0.1) is 12.5 Å². The van der Waals surface area contributed by atoms with Crippen LogP contribution >= 0.6 is 0 Å². The van der Waals surface area contributed by atoms with Crippen LogP contribution in [-0.2, 0) is 35.2 Å². The molecule has 0 saturated heterocycles. The highest BCUT2D eigenvalue weighted by Gasteiger charge is 2.29. The van der Waals surface area contributed by atoms with E-state index in [-0.39, 0.29) is 25.0 Å². The molecule has 14 nitrogen and oxygen atoms in total. The van der Waals surface area contributed by atoms with Gasteiger partial charge in [-0.2, -0.15) is 0 Å². The van der Waals surface area contributed by atoms with E-state index in [0.29, 0.717) is 5.56 Å². The summed E-state index contributed by atoms with van der Waals surface area (Å²) in [6.07, 6.45) is -0.958. The fourth-order valence-corrected chi connectivity index (χ4v) is 2.75. The molecule has 0 spiro atoms. The van der Waals surface area contributed by atoms with Gasteiger partial charge in [0, 0.05) is 12.8 Å². The molecule has 0 fully saturated rings. The van der Waals surface area contributed by atoms with Gasteiger partial charge in [-0.15, -0.1) is 0 Å². The zero-order chi connectivity index (χ0) is 25.8. The van der Waals surface area contributed by atoms with Crippen LogP contribution in [0.25, 0.3) is 0 Å². The number of carboxylic acid groups (broad SMARTS) is 1. The number of carbonyl (C=O) groups excluding carboxylic acids is 5. The molecule has 0 radical (unpaired) electrons. The van der Waals surface area contributed by atoms with E-state index < -0.39 is 66.6 Å². The standard InChI is InChI=1S/C20H28N6O8/c21-12(5-6-15(22)28)18(32)25-13(7-10-1-3-11(27)4-2-10)20(34)26-14(8-16(23)29)19(33)24-9-17(30)31/h1-4,12-14,27H,5-9,21H2,(H2,22,28)(H2,23,29)(H,24,33)(H,25,32)(H,26,34)(H,30,31). The smallest absolute Gasteiger partial charge is 0.322 e. The monoisotopic (exact) mass is 480 g/mol. The molecular weight excluding hydrogens is 452 g/mol. The normalized spacial score (nSPS) is 13.1. The van der Waals surface area contributed by atoms with Crippen LogP contribution in [0, 0.1) is 0 Å². The van der Waals surface area contributed by atoms with Crippen molar-refractivity contribution in [2.24, 2.45) is 17.2 Å². The summed E-state index contributed by atoms with van der Waals surface area (Å²) in [5.41, 5.74) is 16.4. The van der Waals surface area contributed by atoms with Gasteiger partial charge in [0.2, 0.25) is 29.5 Å². The van der Waals surface area contributed by atoms with Crippen molar-refractivity contribution in [3.8, 4) is 5.75 Å². The molecule has 1 aromatic carbocycles. The zero-order valence-corrected chi connectivity index (χ0v) is 18.2. The van der Waals surface area contributed by atoms with Crippen molar-refractivity contribution in [3.05, 3.63) is 29.8 Å². The van der Waals surface area contributed by atoms with E-state index in [2.05, 4.69) is 10.6 Å². The predicted octanol–water partition coefficient (Wildman–Crippen LogP) is -3.43. The highest BCUT2D eigenvalue weighted by atomic mass is 16.4. The van der Waals surface area contributed by atoms with Gasteiger partial charge in [0.15, 0.2) is 0 Å². The maximum Gasteiger partial charge on any atom is 0.322 e. The zero-order valence-electron chi connectivity index (χ0n) is 18.2. The van der Waals surface area contributed by atoms with Gasteiger partial charge < -0.3 is 43.4 Å². The first-order valence-corrected chi connectivity index (χ1v) is 10.1. The number of benzene rings is 1. The third kappa shape index (κ3) is 10.4. The summed E-state index contributed by atoms with van der Waals surface area (Å²) in [6, 6.07) is 1.75. The van der Waals surface area contributed by atoms with E-state index in [0.717, 1.165) is 0 Å². The summed E-state index contributed by atoms with van der Waals surface area (Å²) in [7, 11) is 0. The van der Waals surface area contributed by atoms with E-state index in [4.69, 9.17) is 22.3 Å². The molecule has 1 rings (SSSR count). The number of carbonyl (C=O) groups is 6. The Morgan fingerprint density at radius 1 is 0.853 bits per heavy atom. The maximum absolute atomic E-state index is 12.9. The van der Waals surface area contributed by atoms with E-state index in [1.54, 1.807) is 0 Å². The Morgan fingerprint density at radius 2 is 1.44 bits per heavy atom. The van der Waals surface area contributed by atoms with Crippen LogP contribution in [-0.4, -0.2) is 70.4 Å². The van der Waals surface area contributed by atoms with Crippen molar-refractivity contribution >= 4 is 35.5 Å². The lowest BCUT2D eigenvalue weighted by molar-refractivity contribution is -0.138. The third-order valence-electron chi connectivity index (χ3n) is 4.50. The first-order valence-electron chi connectivity index (χ1n) is 10.1. The summed E-state index contributed by atoms with van der Waals surface area (Å²) in [5, 5.41) is 24.9. The molecule has 14 heteroatoms. The summed E-state index contributed by atoms with van der Waals surface area (Å²) >= 11 is 0. The van der Waals surface area contributed by atoms with Crippen LogP contribution in [0.15, 0.2) is 24.3 Å². The molecule has 0 aliphatic heterocycles. The summed E-state index contributed by atoms with van der Waals surface area (Å²) in [6.45, 7) is -0.758. The Labute approximate surface area is 194 Å². The molecule has 0 saturated carbocycles. The largest absolute Gasteiger partial charge is 0.508 e. The Morgan fingerprint density at radius 3 is 1.97 bits per heavy atom. The Kier molecular flexibility index (Phi) is 10.9. The molecular formula is C20H28N6O8. The van der Waals surface area contributed by atoms with Crippen LogP contribution in [0.2, 0.25) is 0 Å². The van der Waals surface area contributed by atoms with Crippen molar-refractivity contribution < 1.29 is 39.0 Å². The number of nitrogens with one attached hydrogen (secondary N) is 3. The number of amides is 5. The topological polar surface area (TPSA) is 257 Å². The third-order valence-corrected chi connectivity index (χ3v) is 4.50. The van der Waals surface area contributed by atoms with E-state index in [9.17, 15) is 33.9 Å². The van der Waals surface area contributed by atoms with Crippen molar-refractivity contribution in [2.75, 3.05) is 6.54 Å². The van der Waals surface area contributed by atoms with E-state index in [1.165, 1.54) is 24.3 Å². The van der Waals surface area contributed by atoms with Crippen LogP contribution in [0.3, 0.4) is 0 Å². The van der Waals surface area contributed by atoms with E-state index >= 15 is 0 Å². The lowest BCUT2D eigenvalue weighted by Crippen LogP contribution is -2.57. The van der Waals surface area contributed by atoms with Crippen molar-refractivity contribution in [3.63, 3.8) is 0 Å². The molecule has 0 heterocycles. The number of hydrogen-bond acceptors (Lipinski definition) is 8. The number of aromatic hydroxyl groups is 1. The number of nitrogens with two attached hydrogens (primary N) is 3. The number of primary amides is 2. The minimum absolute atomic E-state index is 0.0288. The average Bonchev–Trinajstić information content (AvgIpc) is 2.75. The summed E-state index contributed by atoms with van der Waals surface area (Å²) < 4.78 is 0. The van der Waals surface area contributed by atoms with Gasteiger partial charge in [-0.25, -0.2) is 0 Å². The molecule has 0 aliphatic carbocycles. The Bertz CT molecular complexity index is 920. The summed E-state index contributed by atoms with van der Waals surface area (Å²) in [4.78, 5) is 70.6. The van der Waals surface area contributed by atoms with Gasteiger partial charge in [-0.1, -0.05) is 12.1 Å². The number of aliphatic carboxylic acids is 1. The van der Waals surface area contributed by atoms with Crippen LogP contribution in [0.1, 0.15) is 24.8 Å². The number of phenolic OH excluding ortho intramolecular Hbond substituents is 1. The second-order valence-corrected chi connectivity index (χ2v) is 7.39. The summed E-state index contributed by atoms with van der Waals surface area (Å²) in [5.74, 6) is -5.62. The fraction of sp³-hybridized carbons (Fsp3) is 0.400. The number of rotatable bonds is 14. The molecule has 11 N–H and O–H groups in total. The molecule has 3 unspecified atom stereocenters. The van der Waals surface area contributed by atoms with Gasteiger partial charge in [0.1, 0.15) is 24.4 Å². The first-order chi connectivity index (χ1) is 15.9. The van der Waals surface area contributed by atoms with Crippen molar-refractivity contribution in [1.82, 2.24) is 16.0 Å². The Hall–Kier alpha value is -4.20. The number of carboxylic acids is 1. The Balaban J connectivity index is 3.05. The predicted molar refractivity (Wildman–Crippen MR) is 117 cm³/mol. The molecule has 186 valence electrons. The van der Waals surface area contributed by atoms with Crippen molar-refractivity contribution in [1.29, 1.82) is 0 Å². The molecule has 3 atom stereocenters. The quantitative estimate of drug-likeness (QED) is 0.132. The average molecular weight is 480 g/mol. The molecule has 5 amide bonds. The van der Waals surface area contributed by atoms with Gasteiger partial charge in [-0.05, 0) is 24.1 Å². The lowest BCUT2D eigenvalue weighted by Gasteiger charge is -2.24. The SMILES string of the molecule is NC(=O)CCC(N)C(=O)NC(Cc1ccc(O)cc1)C(=O)NC(CC(N)=O)C(=O)NCC(=O)O. The van der Waals surface area contributed by atoms with E-state index in [1.807, 2.05) is 5.32 Å². The molecule has 34 heavy (non-hydrogen) atoms. The van der Waals surface area contributed by atoms with Gasteiger partial charge in [-0.3, -0.25) is 28.8 Å². The highest BCUT2D eigenvalue weighted by molar-refractivity contribution is 5.95. The van der Waals surface area contributed by atoms with Gasteiger partial charge >= 0.3 is 5.97 Å². The fourth-order valence-electron chi connectivity index (χ4n) is 2.75. The number of phenols is 1. The van der Waals surface area contributed by atoms with Crippen LogP contribution in [0.5, 0.6) is 5.75 Å². The minimum atomic E-state index is -1.51. The minimum Gasteiger partial charge on any atom is -0.508 e. The maximum atomic E-state index is 12.9. The van der Waals surface area contributed by atoms with Gasteiger partial charge in [0.25, 0.3) is 0 Å². The van der Waals surface area contributed by atoms with Crippen LogP contribution < -0.4 is 33.2 Å². The molecule has 0 bridgehead atoms. The van der Waals surface area contributed by atoms with Crippen molar-refractivity contribution in [2.45, 2.75) is 43.8 Å². The first kappa shape index (κ1) is 27.8.